The smallest absolute Gasteiger partial charge is 0.255 e. The van der Waals surface area contributed by atoms with Gasteiger partial charge in [0.15, 0.2) is 0 Å². The number of piperidine rings is 2. The van der Waals surface area contributed by atoms with Gasteiger partial charge in [0.2, 0.25) is 11.8 Å². The second-order valence-corrected chi connectivity index (χ2v) is 11.8. The predicted molar refractivity (Wildman–Crippen MR) is 152 cm³/mol. The van der Waals surface area contributed by atoms with Crippen molar-refractivity contribution in [2.45, 2.75) is 44.8 Å². The van der Waals surface area contributed by atoms with Crippen LogP contribution < -0.4 is 15.0 Å². The van der Waals surface area contributed by atoms with Crippen LogP contribution in [-0.2, 0) is 22.7 Å². The van der Waals surface area contributed by atoms with E-state index in [0.29, 0.717) is 23.9 Å². The maximum absolute atomic E-state index is 13.2. The predicted octanol–water partition coefficient (Wildman–Crippen LogP) is 3.74. The molecule has 9 nitrogen and oxygen atoms in total. The van der Waals surface area contributed by atoms with E-state index in [9.17, 15) is 14.4 Å². The number of anilines is 1. The van der Waals surface area contributed by atoms with Crippen molar-refractivity contribution < 1.29 is 19.1 Å². The molecule has 0 saturated carbocycles. The highest BCUT2D eigenvalue weighted by molar-refractivity contribution is 6.06. The lowest BCUT2D eigenvalue weighted by atomic mass is 9.71. The monoisotopic (exact) mass is 551 g/mol. The number of benzene rings is 2. The molecule has 1 aromatic heterocycles. The first-order valence-corrected chi connectivity index (χ1v) is 14.4. The summed E-state index contributed by atoms with van der Waals surface area (Å²) in [5.74, 6) is 0.791. The van der Waals surface area contributed by atoms with E-state index in [1.54, 1.807) is 17.3 Å². The Morgan fingerprint density at radius 2 is 1.76 bits per heavy atom. The van der Waals surface area contributed by atoms with E-state index in [0.717, 1.165) is 68.3 Å². The summed E-state index contributed by atoms with van der Waals surface area (Å²) in [6.45, 7) is 5.46. The molecule has 0 aliphatic carbocycles. The highest BCUT2D eigenvalue weighted by atomic mass is 16.5. The van der Waals surface area contributed by atoms with Crippen molar-refractivity contribution in [3.05, 3.63) is 83.7 Å². The van der Waals surface area contributed by atoms with Crippen molar-refractivity contribution in [3.63, 3.8) is 0 Å². The Bertz CT molecular complexity index is 1480. The van der Waals surface area contributed by atoms with Crippen LogP contribution in [0.5, 0.6) is 11.5 Å². The van der Waals surface area contributed by atoms with E-state index in [4.69, 9.17) is 4.74 Å². The summed E-state index contributed by atoms with van der Waals surface area (Å²) >= 11 is 0. The first-order valence-electron chi connectivity index (χ1n) is 14.4. The number of aromatic nitrogens is 1. The van der Waals surface area contributed by atoms with Gasteiger partial charge in [-0.15, -0.1) is 0 Å². The Labute approximate surface area is 239 Å². The maximum atomic E-state index is 13.2. The minimum absolute atomic E-state index is 0.114. The molecule has 3 saturated heterocycles. The van der Waals surface area contributed by atoms with Crippen LogP contribution in [0.25, 0.3) is 0 Å². The molecule has 5 heterocycles. The molecular weight excluding hydrogens is 518 g/mol. The van der Waals surface area contributed by atoms with Gasteiger partial charge in [-0.25, -0.2) is 0 Å². The molecule has 0 bridgehead atoms. The van der Waals surface area contributed by atoms with Gasteiger partial charge in [0, 0.05) is 61.0 Å². The minimum Gasteiger partial charge on any atom is -0.456 e. The minimum atomic E-state index is -0.586. The normalized spacial score (nSPS) is 22.0. The quantitative estimate of drug-likeness (QED) is 0.467. The number of carbonyl (C=O) groups excluding carboxylic acids is 3. The fraction of sp³-hybridized carbons (Fsp3) is 0.375. The lowest BCUT2D eigenvalue weighted by Crippen LogP contribution is -2.60. The summed E-state index contributed by atoms with van der Waals surface area (Å²) in [5.41, 5.74) is 4.38. The third-order valence-corrected chi connectivity index (χ3v) is 9.07. The van der Waals surface area contributed by atoms with Crippen molar-refractivity contribution in [2.75, 3.05) is 31.1 Å². The highest BCUT2D eigenvalue weighted by Crippen LogP contribution is 2.45. The molecule has 1 spiro atoms. The number of ether oxygens (including phenoxy) is 1. The van der Waals surface area contributed by atoms with Gasteiger partial charge < -0.3 is 14.5 Å². The Balaban J connectivity index is 0.938. The van der Waals surface area contributed by atoms with Gasteiger partial charge in [0.1, 0.15) is 17.5 Å². The van der Waals surface area contributed by atoms with Crippen LogP contribution in [0.15, 0.2) is 67.0 Å². The Morgan fingerprint density at radius 1 is 0.951 bits per heavy atom. The number of imide groups is 1. The van der Waals surface area contributed by atoms with Crippen LogP contribution in [0.4, 0.5) is 5.69 Å². The maximum Gasteiger partial charge on any atom is 0.255 e. The van der Waals surface area contributed by atoms with Crippen molar-refractivity contribution >= 4 is 23.4 Å². The van der Waals surface area contributed by atoms with Crippen LogP contribution in [0.2, 0.25) is 0 Å². The van der Waals surface area contributed by atoms with Gasteiger partial charge in [0.25, 0.3) is 5.91 Å². The zero-order valence-corrected chi connectivity index (χ0v) is 22.9. The first-order chi connectivity index (χ1) is 20.0. The number of nitrogens with zero attached hydrogens (tertiary/aromatic N) is 4. The van der Waals surface area contributed by atoms with Crippen LogP contribution in [0, 0.1) is 5.41 Å². The number of hydrogen-bond acceptors (Lipinski definition) is 7. The number of amides is 3. The van der Waals surface area contributed by atoms with E-state index >= 15 is 0 Å². The lowest BCUT2D eigenvalue weighted by molar-refractivity contribution is -0.136. The van der Waals surface area contributed by atoms with Gasteiger partial charge in [-0.05, 0) is 74.3 Å². The lowest BCUT2D eigenvalue weighted by Gasteiger charge is -2.55. The molecule has 2 aromatic carbocycles. The molecular formula is C32H33N5O4. The highest BCUT2D eigenvalue weighted by Gasteiger charge is 2.47. The number of hydrogen-bond donors (Lipinski definition) is 1. The molecule has 3 fully saturated rings. The van der Waals surface area contributed by atoms with E-state index in [-0.39, 0.29) is 24.1 Å². The van der Waals surface area contributed by atoms with Crippen molar-refractivity contribution in [1.29, 1.82) is 0 Å². The van der Waals surface area contributed by atoms with E-state index in [1.165, 1.54) is 5.56 Å². The molecule has 0 radical (unpaired) electrons. The largest absolute Gasteiger partial charge is 0.456 e. The standard InChI is InChI=1S/C32H33N5O4/c38-29-11-10-28(30(39)34-29)37-19-26-25(31(37)40)4-1-5-27(26)36-20-32(21-36)12-15-35(16-13-32)18-22-6-8-23(9-7-22)41-24-3-2-14-33-17-24/h1-9,14,17,28H,10-13,15-16,18-21H2,(H,34,38,39). The number of nitrogens with one attached hydrogen (secondary N) is 1. The fourth-order valence-electron chi connectivity index (χ4n) is 6.77. The van der Waals surface area contributed by atoms with Crippen LogP contribution in [0.3, 0.4) is 0 Å². The zero-order chi connectivity index (χ0) is 28.0. The molecule has 3 aromatic rings. The number of fused-ring (bicyclic) bond motifs is 1. The topological polar surface area (TPSA) is 95.1 Å². The van der Waals surface area contributed by atoms with Crippen LogP contribution in [-0.4, -0.2) is 64.7 Å². The Morgan fingerprint density at radius 3 is 2.49 bits per heavy atom. The molecule has 4 aliphatic heterocycles. The van der Waals surface area contributed by atoms with Gasteiger partial charge in [-0.2, -0.15) is 0 Å². The van der Waals surface area contributed by atoms with Crippen molar-refractivity contribution in [2.24, 2.45) is 5.41 Å². The average molecular weight is 552 g/mol. The van der Waals surface area contributed by atoms with Gasteiger partial charge >= 0.3 is 0 Å². The average Bonchev–Trinajstić information content (AvgIpc) is 3.30. The summed E-state index contributed by atoms with van der Waals surface area (Å²) in [5, 5.41) is 2.39. The zero-order valence-electron chi connectivity index (χ0n) is 22.9. The summed E-state index contributed by atoms with van der Waals surface area (Å²) in [6, 6.07) is 17.4. The molecule has 210 valence electrons. The number of likely N-dealkylation sites (tertiary alicyclic amines) is 1. The molecule has 7 rings (SSSR count). The Hall–Kier alpha value is -4.24. The summed E-state index contributed by atoms with van der Waals surface area (Å²) in [4.78, 5) is 47.9. The second-order valence-electron chi connectivity index (χ2n) is 11.8. The third-order valence-electron chi connectivity index (χ3n) is 9.07. The number of rotatable bonds is 6. The molecule has 1 N–H and O–H groups in total. The summed E-state index contributed by atoms with van der Waals surface area (Å²) in [6.07, 6.45) is 6.39. The van der Waals surface area contributed by atoms with Crippen molar-refractivity contribution in [1.82, 2.24) is 20.1 Å². The second kappa shape index (κ2) is 10.3. The number of carbonyl (C=O) groups is 3. The molecule has 1 unspecified atom stereocenters. The fourth-order valence-corrected chi connectivity index (χ4v) is 6.77. The number of pyridine rings is 1. The molecule has 1 atom stereocenters. The van der Waals surface area contributed by atoms with Gasteiger partial charge in [-0.1, -0.05) is 18.2 Å². The SMILES string of the molecule is O=C1CCC(N2Cc3c(cccc3N3CC4(CCN(Cc5ccc(Oc6cccnc6)cc5)CC4)C3)C2=O)C(=O)N1. The van der Waals surface area contributed by atoms with Crippen LogP contribution >= 0.6 is 0 Å². The van der Waals surface area contributed by atoms with Crippen molar-refractivity contribution in [3.8, 4) is 11.5 Å². The molecule has 9 heteroatoms. The van der Waals surface area contributed by atoms with Gasteiger partial charge in [0.05, 0.1) is 6.20 Å². The van der Waals surface area contributed by atoms with E-state index in [1.807, 2.05) is 36.4 Å². The van der Waals surface area contributed by atoms with Crippen LogP contribution in [0.1, 0.15) is 47.2 Å². The molecule has 4 aliphatic rings. The summed E-state index contributed by atoms with van der Waals surface area (Å²) < 4.78 is 5.87. The summed E-state index contributed by atoms with van der Waals surface area (Å²) in [7, 11) is 0. The Kier molecular flexibility index (Phi) is 6.46. The van der Waals surface area contributed by atoms with E-state index in [2.05, 4.69) is 38.3 Å². The van der Waals surface area contributed by atoms with Gasteiger partial charge in [-0.3, -0.25) is 29.6 Å². The molecule has 41 heavy (non-hydrogen) atoms. The molecule has 3 amide bonds. The third kappa shape index (κ3) is 4.95. The van der Waals surface area contributed by atoms with E-state index < -0.39 is 6.04 Å². The first kappa shape index (κ1) is 25.7.